The van der Waals surface area contributed by atoms with Crippen LogP contribution in [0.1, 0.15) is 29.9 Å². The topological polar surface area (TPSA) is 70.4 Å². The molecule has 1 heterocycles. The molecular formula is C16H16ClFN2O4. The van der Waals surface area contributed by atoms with Crippen molar-refractivity contribution < 1.29 is 23.5 Å². The van der Waals surface area contributed by atoms with Crippen LogP contribution < -0.4 is 0 Å². The average molecular weight is 355 g/mol. The summed E-state index contributed by atoms with van der Waals surface area (Å²) >= 11 is 6.19. The number of ether oxygens (including phenoxy) is 2. The highest BCUT2D eigenvalue weighted by Gasteiger charge is 2.23. The second kappa shape index (κ2) is 7.44. The normalized spacial score (nSPS) is 10.8. The van der Waals surface area contributed by atoms with Gasteiger partial charge in [-0.1, -0.05) is 11.6 Å². The first-order valence-corrected chi connectivity index (χ1v) is 7.55. The third-order valence-corrected chi connectivity index (χ3v) is 3.32. The number of halogens is 2. The molecule has 1 aromatic carbocycles. The Bertz CT molecular complexity index is 756. The van der Waals surface area contributed by atoms with Gasteiger partial charge in [0.15, 0.2) is 6.61 Å². The summed E-state index contributed by atoms with van der Waals surface area (Å²) in [6.07, 6.45) is -0.303. The SMILES string of the molecule is Cc1nn(-c2ccc(F)cc2)c(Cl)c1C(=O)OCC(=O)OC(C)C. The Morgan fingerprint density at radius 3 is 2.50 bits per heavy atom. The van der Waals surface area contributed by atoms with Crippen molar-refractivity contribution in [2.75, 3.05) is 6.61 Å². The molecule has 24 heavy (non-hydrogen) atoms. The monoisotopic (exact) mass is 354 g/mol. The van der Waals surface area contributed by atoms with E-state index in [2.05, 4.69) is 5.10 Å². The molecule has 0 aliphatic rings. The standard InChI is InChI=1S/C16H16ClFN2O4/c1-9(2)24-13(21)8-23-16(22)14-10(3)19-20(15(14)17)12-6-4-11(18)5-7-12/h4-7,9H,8H2,1-3H3. The molecule has 0 saturated carbocycles. The Labute approximate surface area is 143 Å². The largest absolute Gasteiger partial charge is 0.460 e. The predicted molar refractivity (Wildman–Crippen MR) is 84.8 cm³/mol. The number of aromatic nitrogens is 2. The van der Waals surface area contributed by atoms with Gasteiger partial charge >= 0.3 is 11.9 Å². The second-order valence-corrected chi connectivity index (χ2v) is 5.61. The van der Waals surface area contributed by atoms with Gasteiger partial charge in [-0.3, -0.25) is 0 Å². The zero-order valence-electron chi connectivity index (χ0n) is 13.4. The van der Waals surface area contributed by atoms with E-state index in [1.165, 1.54) is 28.9 Å². The predicted octanol–water partition coefficient (Wildman–Crippen LogP) is 3.08. The van der Waals surface area contributed by atoms with Crippen LogP contribution in [0.2, 0.25) is 5.15 Å². The molecule has 0 radical (unpaired) electrons. The summed E-state index contributed by atoms with van der Waals surface area (Å²) in [5, 5.41) is 4.17. The van der Waals surface area contributed by atoms with Crippen molar-refractivity contribution in [3.05, 3.63) is 46.5 Å². The minimum Gasteiger partial charge on any atom is -0.460 e. The molecule has 0 amide bonds. The fraction of sp³-hybridized carbons (Fsp3) is 0.312. The van der Waals surface area contributed by atoms with Gasteiger partial charge in [-0.15, -0.1) is 0 Å². The highest BCUT2D eigenvalue weighted by molar-refractivity contribution is 6.33. The van der Waals surface area contributed by atoms with E-state index in [0.29, 0.717) is 11.4 Å². The molecule has 0 bridgehead atoms. The maximum Gasteiger partial charge on any atom is 0.344 e. The van der Waals surface area contributed by atoms with Gasteiger partial charge in [-0.25, -0.2) is 18.7 Å². The summed E-state index contributed by atoms with van der Waals surface area (Å²) < 4.78 is 24.1. The number of carbonyl (C=O) groups excluding carboxylic acids is 2. The number of hydrogen-bond donors (Lipinski definition) is 0. The number of esters is 2. The maximum absolute atomic E-state index is 13.0. The van der Waals surface area contributed by atoms with Crippen molar-refractivity contribution in [1.82, 2.24) is 9.78 Å². The van der Waals surface area contributed by atoms with E-state index in [0.717, 1.165) is 0 Å². The highest BCUT2D eigenvalue weighted by atomic mass is 35.5. The van der Waals surface area contributed by atoms with Crippen molar-refractivity contribution in [1.29, 1.82) is 0 Å². The molecule has 1 aromatic heterocycles. The summed E-state index contributed by atoms with van der Waals surface area (Å²) in [6.45, 7) is 4.43. The Hall–Kier alpha value is -2.41. The molecule has 0 aliphatic heterocycles. The molecule has 2 aromatic rings. The Kier molecular flexibility index (Phi) is 5.56. The molecular weight excluding hydrogens is 339 g/mol. The van der Waals surface area contributed by atoms with Crippen LogP contribution in [0.25, 0.3) is 5.69 Å². The second-order valence-electron chi connectivity index (χ2n) is 5.25. The number of rotatable bonds is 5. The van der Waals surface area contributed by atoms with Crippen molar-refractivity contribution in [2.45, 2.75) is 26.9 Å². The molecule has 2 rings (SSSR count). The van der Waals surface area contributed by atoms with Gasteiger partial charge in [0.25, 0.3) is 0 Å². The highest BCUT2D eigenvalue weighted by Crippen LogP contribution is 2.24. The van der Waals surface area contributed by atoms with Crippen LogP contribution in [0.4, 0.5) is 4.39 Å². The molecule has 8 heteroatoms. The van der Waals surface area contributed by atoms with Gasteiger partial charge in [0.05, 0.1) is 17.5 Å². The Morgan fingerprint density at radius 1 is 1.29 bits per heavy atom. The first kappa shape index (κ1) is 17.9. The third kappa shape index (κ3) is 4.11. The van der Waals surface area contributed by atoms with Gasteiger partial charge in [-0.2, -0.15) is 5.10 Å². The number of nitrogens with zero attached hydrogens (tertiary/aromatic N) is 2. The van der Waals surface area contributed by atoms with Crippen molar-refractivity contribution in [3.8, 4) is 5.69 Å². The molecule has 0 N–H and O–H groups in total. The maximum atomic E-state index is 13.0. The number of benzene rings is 1. The van der Waals surface area contributed by atoms with Gasteiger partial charge in [0.1, 0.15) is 16.5 Å². The molecule has 0 unspecified atom stereocenters. The van der Waals surface area contributed by atoms with Gasteiger partial charge in [0.2, 0.25) is 0 Å². The molecule has 0 spiro atoms. The summed E-state index contributed by atoms with van der Waals surface area (Å²) in [5.74, 6) is -1.84. The third-order valence-electron chi connectivity index (χ3n) is 2.97. The van der Waals surface area contributed by atoms with E-state index in [1.807, 2.05) is 0 Å². The lowest BCUT2D eigenvalue weighted by Gasteiger charge is -2.08. The van der Waals surface area contributed by atoms with Crippen molar-refractivity contribution in [2.24, 2.45) is 0 Å². The molecule has 0 fully saturated rings. The van der Waals surface area contributed by atoms with Crippen LogP contribution in [0, 0.1) is 12.7 Å². The lowest BCUT2D eigenvalue weighted by molar-refractivity contribution is -0.150. The minimum atomic E-state index is -0.786. The number of carbonyl (C=O) groups is 2. The average Bonchev–Trinajstić information content (AvgIpc) is 2.80. The van der Waals surface area contributed by atoms with Gasteiger partial charge < -0.3 is 9.47 Å². The van der Waals surface area contributed by atoms with Crippen LogP contribution in [-0.2, 0) is 14.3 Å². The van der Waals surface area contributed by atoms with E-state index in [1.54, 1.807) is 20.8 Å². The van der Waals surface area contributed by atoms with Crippen LogP contribution in [0.5, 0.6) is 0 Å². The minimum absolute atomic E-state index is 0.0151. The van der Waals surface area contributed by atoms with Crippen LogP contribution in [0.15, 0.2) is 24.3 Å². The van der Waals surface area contributed by atoms with E-state index < -0.39 is 24.4 Å². The first-order chi connectivity index (χ1) is 11.3. The molecule has 128 valence electrons. The number of aryl methyl sites for hydroxylation is 1. The van der Waals surface area contributed by atoms with E-state index in [9.17, 15) is 14.0 Å². The van der Waals surface area contributed by atoms with Crippen molar-refractivity contribution >= 4 is 23.5 Å². The fourth-order valence-corrected chi connectivity index (χ4v) is 2.33. The lowest BCUT2D eigenvalue weighted by atomic mass is 10.2. The van der Waals surface area contributed by atoms with Crippen LogP contribution >= 0.6 is 11.6 Å². The first-order valence-electron chi connectivity index (χ1n) is 7.17. The summed E-state index contributed by atoms with van der Waals surface area (Å²) in [5.41, 5.74) is 0.854. The smallest absolute Gasteiger partial charge is 0.344 e. The summed E-state index contributed by atoms with van der Waals surface area (Å²) in [7, 11) is 0. The fourth-order valence-electron chi connectivity index (χ4n) is 1.98. The zero-order valence-corrected chi connectivity index (χ0v) is 14.1. The molecule has 0 atom stereocenters. The van der Waals surface area contributed by atoms with E-state index >= 15 is 0 Å². The molecule has 6 nitrogen and oxygen atoms in total. The lowest BCUT2D eigenvalue weighted by Crippen LogP contribution is -2.20. The summed E-state index contributed by atoms with van der Waals surface area (Å²) in [6, 6.07) is 5.46. The Morgan fingerprint density at radius 2 is 1.92 bits per heavy atom. The van der Waals surface area contributed by atoms with Crippen LogP contribution in [0.3, 0.4) is 0 Å². The van der Waals surface area contributed by atoms with Gasteiger partial charge in [0, 0.05) is 0 Å². The van der Waals surface area contributed by atoms with Gasteiger partial charge in [-0.05, 0) is 45.0 Å². The Balaban J connectivity index is 2.17. The van der Waals surface area contributed by atoms with E-state index in [-0.39, 0.29) is 16.8 Å². The van der Waals surface area contributed by atoms with Crippen LogP contribution in [-0.4, -0.2) is 34.4 Å². The van der Waals surface area contributed by atoms with Crippen molar-refractivity contribution in [3.63, 3.8) is 0 Å². The van der Waals surface area contributed by atoms with E-state index in [4.69, 9.17) is 21.1 Å². The molecule has 0 saturated heterocycles. The quantitative estimate of drug-likeness (QED) is 0.772. The zero-order chi connectivity index (χ0) is 17.9. The molecule has 0 aliphatic carbocycles. The number of hydrogen-bond acceptors (Lipinski definition) is 5. The summed E-state index contributed by atoms with van der Waals surface area (Å²) in [4.78, 5) is 23.6.